The summed E-state index contributed by atoms with van der Waals surface area (Å²) in [6.45, 7) is 4.06. The first kappa shape index (κ1) is 16.5. The first-order valence-corrected chi connectivity index (χ1v) is 8.71. The molecule has 1 aromatic heterocycles. The van der Waals surface area contributed by atoms with E-state index in [1.54, 1.807) is 6.07 Å². The Balaban J connectivity index is 1.97. The number of ether oxygens (including phenoxy) is 1. The molecule has 1 fully saturated rings. The van der Waals surface area contributed by atoms with Gasteiger partial charge in [-0.25, -0.2) is 9.37 Å². The lowest BCUT2D eigenvalue weighted by atomic mass is 10.1. The number of rotatable bonds is 4. The van der Waals surface area contributed by atoms with Gasteiger partial charge in [0.1, 0.15) is 0 Å². The van der Waals surface area contributed by atoms with E-state index in [0.29, 0.717) is 22.4 Å². The molecule has 1 atom stereocenters. The zero-order valence-corrected chi connectivity index (χ0v) is 14.7. The second kappa shape index (κ2) is 6.63. The minimum absolute atomic E-state index is 0.0494. The van der Waals surface area contributed by atoms with Crippen LogP contribution in [0, 0.1) is 5.82 Å². The van der Waals surface area contributed by atoms with Gasteiger partial charge in [-0.3, -0.25) is 4.90 Å². The lowest BCUT2D eigenvalue weighted by Crippen LogP contribution is -2.25. The van der Waals surface area contributed by atoms with E-state index in [1.807, 2.05) is 0 Å². The van der Waals surface area contributed by atoms with Gasteiger partial charge in [-0.1, -0.05) is 11.6 Å². The summed E-state index contributed by atoms with van der Waals surface area (Å²) in [6.07, 6.45) is 2.40. The van der Waals surface area contributed by atoms with E-state index in [0.717, 1.165) is 18.0 Å². The third kappa shape index (κ3) is 3.29. The van der Waals surface area contributed by atoms with Gasteiger partial charge >= 0.3 is 0 Å². The monoisotopic (exact) mass is 355 g/mol. The highest BCUT2D eigenvalue weighted by Crippen LogP contribution is 2.37. The third-order valence-electron chi connectivity index (χ3n) is 4.23. The smallest absolute Gasteiger partial charge is 0.180 e. The van der Waals surface area contributed by atoms with Crippen LogP contribution in [-0.4, -0.2) is 29.6 Å². The van der Waals surface area contributed by atoms with Gasteiger partial charge in [0.25, 0.3) is 0 Å². The number of thiazole rings is 1. The molecule has 124 valence electrons. The van der Waals surface area contributed by atoms with E-state index < -0.39 is 5.82 Å². The van der Waals surface area contributed by atoms with Gasteiger partial charge in [0.2, 0.25) is 0 Å². The van der Waals surface area contributed by atoms with Gasteiger partial charge in [0, 0.05) is 23.0 Å². The molecule has 1 unspecified atom stereocenters. The summed E-state index contributed by atoms with van der Waals surface area (Å²) in [4.78, 5) is 7.83. The molecule has 0 bridgehead atoms. The Morgan fingerprint density at radius 2 is 2.30 bits per heavy atom. The average Bonchev–Trinajstić information content (AvgIpc) is 3.05. The maximum absolute atomic E-state index is 14.1. The summed E-state index contributed by atoms with van der Waals surface area (Å²) in [6, 6.07) is 3.62. The van der Waals surface area contributed by atoms with E-state index in [-0.39, 0.29) is 10.8 Å². The van der Waals surface area contributed by atoms with E-state index in [2.05, 4.69) is 16.8 Å². The second-order valence-corrected chi connectivity index (χ2v) is 7.28. The van der Waals surface area contributed by atoms with Crippen LogP contribution in [0.1, 0.15) is 24.6 Å². The van der Waals surface area contributed by atoms with Crippen LogP contribution in [0.4, 0.5) is 9.52 Å². The Morgan fingerprint density at radius 1 is 1.52 bits per heavy atom. The molecule has 7 heteroatoms. The van der Waals surface area contributed by atoms with Crippen molar-refractivity contribution in [2.75, 3.05) is 19.4 Å². The quantitative estimate of drug-likeness (QED) is 0.893. The van der Waals surface area contributed by atoms with Crippen molar-refractivity contribution in [3.63, 3.8) is 0 Å². The Morgan fingerprint density at radius 3 is 2.91 bits per heavy atom. The molecule has 2 heterocycles. The van der Waals surface area contributed by atoms with Crippen molar-refractivity contribution in [2.24, 2.45) is 0 Å². The first-order valence-electron chi connectivity index (χ1n) is 7.52. The zero-order chi connectivity index (χ0) is 16.6. The lowest BCUT2D eigenvalue weighted by Gasteiger charge is -2.20. The highest BCUT2D eigenvalue weighted by molar-refractivity contribution is 7.15. The van der Waals surface area contributed by atoms with Gasteiger partial charge in [0.05, 0.1) is 17.8 Å². The molecule has 23 heavy (non-hydrogen) atoms. The number of nitrogens with zero attached hydrogens (tertiary/aromatic N) is 2. The third-order valence-corrected chi connectivity index (χ3v) is 5.38. The zero-order valence-electron chi connectivity index (χ0n) is 13.1. The van der Waals surface area contributed by atoms with Gasteiger partial charge in [-0.05, 0) is 38.4 Å². The number of likely N-dealkylation sites (tertiary alicyclic amines) is 1. The number of anilines is 1. The van der Waals surface area contributed by atoms with Crippen LogP contribution in [0.5, 0.6) is 5.75 Å². The molecule has 2 aromatic rings. The standard InChI is InChI=1S/C16H19ClFN3OS/c1-9-4-3-5-21(9)8-13-14(20-16(19)23-13)10-6-11(17)15(22-2)12(18)7-10/h6-7,9H,3-5,8H2,1-2H3,(H2,19,20). The van der Waals surface area contributed by atoms with E-state index in [1.165, 1.54) is 37.4 Å². The molecule has 0 amide bonds. The van der Waals surface area contributed by atoms with Crippen molar-refractivity contribution in [3.8, 4) is 17.0 Å². The lowest BCUT2D eigenvalue weighted by molar-refractivity contribution is 0.263. The number of halogens is 2. The van der Waals surface area contributed by atoms with Gasteiger partial charge in [-0.15, -0.1) is 11.3 Å². The Hall–Kier alpha value is -1.37. The second-order valence-electron chi connectivity index (χ2n) is 5.76. The molecule has 0 spiro atoms. The van der Waals surface area contributed by atoms with Crippen molar-refractivity contribution >= 4 is 28.1 Å². The summed E-state index contributed by atoms with van der Waals surface area (Å²) >= 11 is 7.55. The van der Waals surface area contributed by atoms with Crippen LogP contribution in [0.2, 0.25) is 5.02 Å². The normalized spacial score (nSPS) is 18.5. The van der Waals surface area contributed by atoms with Crippen LogP contribution in [0.3, 0.4) is 0 Å². The number of hydrogen-bond acceptors (Lipinski definition) is 5. The average molecular weight is 356 g/mol. The minimum atomic E-state index is -0.498. The molecule has 4 nitrogen and oxygen atoms in total. The van der Waals surface area contributed by atoms with Crippen molar-refractivity contribution in [1.29, 1.82) is 0 Å². The van der Waals surface area contributed by atoms with Crippen LogP contribution in [0.25, 0.3) is 11.3 Å². The van der Waals surface area contributed by atoms with Gasteiger partial charge < -0.3 is 10.5 Å². The van der Waals surface area contributed by atoms with Crippen LogP contribution >= 0.6 is 22.9 Å². The molecule has 1 aliphatic rings. The highest BCUT2D eigenvalue weighted by atomic mass is 35.5. The number of methoxy groups -OCH3 is 1. The molecular weight excluding hydrogens is 337 g/mol. The number of hydrogen-bond donors (Lipinski definition) is 1. The van der Waals surface area contributed by atoms with Crippen molar-refractivity contribution in [2.45, 2.75) is 32.4 Å². The summed E-state index contributed by atoms with van der Waals surface area (Å²) in [5.41, 5.74) is 7.23. The topological polar surface area (TPSA) is 51.4 Å². The molecule has 1 aliphatic heterocycles. The predicted molar refractivity (Wildman–Crippen MR) is 92.6 cm³/mol. The summed E-state index contributed by atoms with van der Waals surface area (Å²) in [5.74, 6) is -0.449. The fraction of sp³-hybridized carbons (Fsp3) is 0.438. The SMILES string of the molecule is COc1c(F)cc(-c2nc(N)sc2CN2CCCC2C)cc1Cl. The fourth-order valence-corrected chi connectivity index (χ4v) is 4.17. The molecule has 0 radical (unpaired) electrons. The Bertz CT molecular complexity index is 698. The van der Waals surface area contributed by atoms with Crippen molar-refractivity contribution in [1.82, 2.24) is 9.88 Å². The molecule has 1 saturated heterocycles. The maximum Gasteiger partial charge on any atom is 0.180 e. The van der Waals surface area contributed by atoms with Crippen LogP contribution in [0.15, 0.2) is 12.1 Å². The van der Waals surface area contributed by atoms with Crippen molar-refractivity contribution in [3.05, 3.63) is 27.8 Å². The predicted octanol–water partition coefficient (Wildman–Crippen LogP) is 4.18. The number of benzene rings is 1. The Labute approximate surface area is 144 Å². The minimum Gasteiger partial charge on any atom is -0.492 e. The van der Waals surface area contributed by atoms with Gasteiger partial charge in [-0.2, -0.15) is 0 Å². The molecule has 1 aromatic carbocycles. The molecule has 2 N–H and O–H groups in total. The van der Waals surface area contributed by atoms with Gasteiger partial charge in [0.15, 0.2) is 16.7 Å². The van der Waals surface area contributed by atoms with E-state index in [4.69, 9.17) is 22.1 Å². The largest absolute Gasteiger partial charge is 0.492 e. The highest BCUT2D eigenvalue weighted by Gasteiger charge is 2.24. The van der Waals surface area contributed by atoms with E-state index >= 15 is 0 Å². The van der Waals surface area contributed by atoms with Crippen LogP contribution < -0.4 is 10.5 Å². The maximum atomic E-state index is 14.1. The molecule has 0 saturated carbocycles. The number of aromatic nitrogens is 1. The summed E-state index contributed by atoms with van der Waals surface area (Å²) in [7, 11) is 1.39. The fourth-order valence-electron chi connectivity index (χ4n) is 3.01. The molecular formula is C16H19ClFN3OS. The summed E-state index contributed by atoms with van der Waals surface area (Å²) < 4.78 is 19.1. The molecule has 0 aliphatic carbocycles. The first-order chi connectivity index (χ1) is 11.0. The number of nitrogens with two attached hydrogens (primary N) is 1. The summed E-state index contributed by atoms with van der Waals surface area (Å²) in [5, 5.41) is 0.712. The van der Waals surface area contributed by atoms with Crippen LogP contribution in [-0.2, 0) is 6.54 Å². The number of nitrogen functional groups attached to an aromatic ring is 1. The Kier molecular flexibility index (Phi) is 4.75. The van der Waals surface area contributed by atoms with E-state index in [9.17, 15) is 4.39 Å². The van der Waals surface area contributed by atoms with Crippen molar-refractivity contribution < 1.29 is 9.13 Å². The molecule has 3 rings (SSSR count).